The maximum Gasteiger partial charge on any atom is 0.323 e. The number of para-hydroxylation sites is 2. The molecule has 3 amide bonds. The topological polar surface area (TPSA) is 85.9 Å². The second kappa shape index (κ2) is 12.6. The highest BCUT2D eigenvalue weighted by atomic mass is 35.5. The molecule has 3 aromatic rings. The molecule has 1 saturated heterocycles. The molecule has 0 radical (unpaired) electrons. The number of carbonyl (C=O) groups excluding carboxylic acids is 2. The highest BCUT2D eigenvalue weighted by molar-refractivity contribution is 6.30. The number of nitrogens with zero attached hydrogens (tertiary/aromatic N) is 2. The Balaban J connectivity index is 1.50. The second-order valence-corrected chi connectivity index (χ2v) is 10.0. The molecule has 0 aromatic heterocycles. The zero-order valence-electron chi connectivity index (χ0n) is 22.0. The third kappa shape index (κ3) is 6.89. The van der Waals surface area contributed by atoms with Gasteiger partial charge < -0.3 is 30.5 Å². The van der Waals surface area contributed by atoms with Crippen molar-refractivity contribution in [1.29, 1.82) is 0 Å². The number of methoxy groups -OCH3 is 1. The van der Waals surface area contributed by atoms with Crippen LogP contribution in [0.4, 0.5) is 27.5 Å². The van der Waals surface area contributed by atoms with E-state index in [1.54, 1.807) is 37.4 Å². The molecule has 3 aromatic carbocycles. The summed E-state index contributed by atoms with van der Waals surface area (Å²) >= 11 is 5.92. The fraction of sp³-hybridized carbons (Fsp3) is 0.310. The summed E-state index contributed by atoms with van der Waals surface area (Å²) < 4.78 is 5.54. The molecule has 0 spiro atoms. The Hall–Kier alpha value is -3.91. The maximum atomic E-state index is 13.2. The van der Waals surface area contributed by atoms with E-state index in [0.717, 1.165) is 43.3 Å². The molecule has 1 fully saturated rings. The number of rotatable bonds is 8. The monoisotopic (exact) mass is 535 g/mol. The number of nitrogens with one attached hydrogen (secondary N) is 3. The third-order valence-corrected chi connectivity index (χ3v) is 6.57. The standard InChI is InChI=1S/C29H34ClN5O3/c1-20(2)19-31-28(36)24-18-23(33-29(37)32-22-10-8-21(30)9-11-22)12-13-25(24)34-14-16-35(17-15-34)26-6-4-5-7-27(26)38-3/h4-13,18,20H,14-17,19H2,1-3H3,(H,31,36)(H2,32,33,37). The fourth-order valence-electron chi connectivity index (χ4n) is 4.37. The quantitative estimate of drug-likeness (QED) is 0.344. The number of amides is 3. The predicted octanol–water partition coefficient (Wildman–Crippen LogP) is 5.71. The van der Waals surface area contributed by atoms with Crippen molar-refractivity contribution >= 4 is 46.3 Å². The minimum Gasteiger partial charge on any atom is -0.495 e. The van der Waals surface area contributed by atoms with Gasteiger partial charge in [0.1, 0.15) is 5.75 Å². The summed E-state index contributed by atoms with van der Waals surface area (Å²) in [6, 6.07) is 19.9. The van der Waals surface area contributed by atoms with Crippen molar-refractivity contribution in [1.82, 2.24) is 5.32 Å². The molecule has 8 nitrogen and oxygen atoms in total. The lowest BCUT2D eigenvalue weighted by Gasteiger charge is -2.38. The summed E-state index contributed by atoms with van der Waals surface area (Å²) in [4.78, 5) is 30.3. The van der Waals surface area contributed by atoms with Gasteiger partial charge in [-0.2, -0.15) is 0 Å². The first-order valence-corrected chi connectivity index (χ1v) is 13.1. The lowest BCUT2D eigenvalue weighted by molar-refractivity contribution is 0.0949. The number of carbonyl (C=O) groups is 2. The molecule has 0 saturated carbocycles. The van der Waals surface area contributed by atoms with E-state index < -0.39 is 6.03 Å². The van der Waals surface area contributed by atoms with Crippen LogP contribution >= 0.6 is 11.6 Å². The minimum atomic E-state index is -0.404. The number of benzene rings is 3. The second-order valence-electron chi connectivity index (χ2n) is 9.57. The van der Waals surface area contributed by atoms with Crippen LogP contribution in [-0.4, -0.2) is 51.8 Å². The van der Waals surface area contributed by atoms with E-state index in [2.05, 4.69) is 45.7 Å². The first-order valence-electron chi connectivity index (χ1n) is 12.7. The molecule has 1 aliphatic rings. The van der Waals surface area contributed by atoms with Gasteiger partial charge in [-0.25, -0.2) is 4.79 Å². The molecule has 0 atom stereocenters. The molecule has 3 N–H and O–H groups in total. The molecular formula is C29H34ClN5O3. The van der Waals surface area contributed by atoms with E-state index in [4.69, 9.17) is 16.3 Å². The normalized spacial score (nSPS) is 13.3. The van der Waals surface area contributed by atoms with Gasteiger partial charge in [0.15, 0.2) is 0 Å². The molecule has 0 aliphatic carbocycles. The highest BCUT2D eigenvalue weighted by Gasteiger charge is 2.24. The van der Waals surface area contributed by atoms with Gasteiger partial charge in [0.2, 0.25) is 0 Å². The van der Waals surface area contributed by atoms with Crippen LogP contribution in [0, 0.1) is 5.92 Å². The Morgan fingerprint density at radius 3 is 2.13 bits per heavy atom. The Labute approximate surface area is 228 Å². The zero-order valence-corrected chi connectivity index (χ0v) is 22.7. The number of hydrogen-bond acceptors (Lipinski definition) is 5. The van der Waals surface area contributed by atoms with E-state index in [1.807, 2.05) is 30.3 Å². The molecule has 0 bridgehead atoms. The third-order valence-electron chi connectivity index (χ3n) is 6.32. The molecule has 9 heteroatoms. The van der Waals surface area contributed by atoms with Crippen molar-refractivity contribution in [2.45, 2.75) is 13.8 Å². The van der Waals surface area contributed by atoms with E-state index in [-0.39, 0.29) is 5.91 Å². The van der Waals surface area contributed by atoms with Crippen molar-refractivity contribution in [3.8, 4) is 5.75 Å². The van der Waals surface area contributed by atoms with Crippen molar-refractivity contribution in [3.63, 3.8) is 0 Å². The van der Waals surface area contributed by atoms with Crippen LogP contribution < -0.4 is 30.5 Å². The molecule has 38 heavy (non-hydrogen) atoms. The molecule has 0 unspecified atom stereocenters. The predicted molar refractivity (Wildman–Crippen MR) is 155 cm³/mol. The average Bonchev–Trinajstić information content (AvgIpc) is 2.93. The van der Waals surface area contributed by atoms with E-state index in [1.165, 1.54) is 0 Å². The Bertz CT molecular complexity index is 1260. The summed E-state index contributed by atoms with van der Waals surface area (Å²) in [5, 5.41) is 9.22. The molecule has 4 rings (SSSR count). The molecule has 200 valence electrons. The van der Waals surface area contributed by atoms with Crippen LogP contribution in [0.15, 0.2) is 66.7 Å². The van der Waals surface area contributed by atoms with E-state index >= 15 is 0 Å². The summed E-state index contributed by atoms with van der Waals surface area (Å²) in [5.41, 5.74) is 3.58. The van der Waals surface area contributed by atoms with Crippen LogP contribution in [0.5, 0.6) is 5.75 Å². The number of ether oxygens (including phenoxy) is 1. The first-order chi connectivity index (χ1) is 18.3. The van der Waals surface area contributed by atoms with Crippen molar-refractivity contribution in [3.05, 3.63) is 77.3 Å². The van der Waals surface area contributed by atoms with Gasteiger partial charge in [0.25, 0.3) is 5.91 Å². The summed E-state index contributed by atoms with van der Waals surface area (Å²) in [5.74, 6) is 1.00. The molecular weight excluding hydrogens is 502 g/mol. The number of hydrogen-bond donors (Lipinski definition) is 3. The number of piperazine rings is 1. The lowest BCUT2D eigenvalue weighted by Crippen LogP contribution is -2.47. The average molecular weight is 536 g/mol. The summed E-state index contributed by atoms with van der Waals surface area (Å²) in [7, 11) is 1.68. The van der Waals surface area contributed by atoms with Crippen LogP contribution in [0.2, 0.25) is 5.02 Å². The fourth-order valence-corrected chi connectivity index (χ4v) is 4.50. The number of anilines is 4. The Morgan fingerprint density at radius 2 is 1.47 bits per heavy atom. The van der Waals surface area contributed by atoms with Gasteiger partial charge in [-0.1, -0.05) is 37.6 Å². The largest absolute Gasteiger partial charge is 0.495 e. The number of halogens is 1. The van der Waals surface area contributed by atoms with Crippen LogP contribution in [0.3, 0.4) is 0 Å². The maximum absolute atomic E-state index is 13.2. The van der Waals surface area contributed by atoms with Crippen LogP contribution in [0.25, 0.3) is 0 Å². The summed E-state index contributed by atoms with van der Waals surface area (Å²) in [6.45, 7) is 7.73. The van der Waals surface area contributed by atoms with Gasteiger partial charge in [0, 0.05) is 54.8 Å². The van der Waals surface area contributed by atoms with Crippen LogP contribution in [-0.2, 0) is 0 Å². The SMILES string of the molecule is COc1ccccc1N1CCN(c2ccc(NC(=O)Nc3ccc(Cl)cc3)cc2C(=O)NCC(C)C)CC1. The van der Waals surface area contributed by atoms with Gasteiger partial charge in [0.05, 0.1) is 18.4 Å². The zero-order chi connectivity index (χ0) is 27.1. The van der Waals surface area contributed by atoms with Crippen LogP contribution in [0.1, 0.15) is 24.2 Å². The van der Waals surface area contributed by atoms with Gasteiger partial charge >= 0.3 is 6.03 Å². The van der Waals surface area contributed by atoms with E-state index in [0.29, 0.717) is 34.4 Å². The minimum absolute atomic E-state index is 0.164. The number of urea groups is 1. The first kappa shape index (κ1) is 27.1. The van der Waals surface area contributed by atoms with Crippen molar-refractivity contribution in [2.75, 3.05) is 60.3 Å². The molecule has 1 heterocycles. The highest BCUT2D eigenvalue weighted by Crippen LogP contribution is 2.31. The van der Waals surface area contributed by atoms with Gasteiger partial charge in [-0.15, -0.1) is 0 Å². The molecule has 1 aliphatic heterocycles. The lowest BCUT2D eigenvalue weighted by atomic mass is 10.1. The smallest absolute Gasteiger partial charge is 0.323 e. The van der Waals surface area contributed by atoms with Gasteiger partial charge in [-0.3, -0.25) is 4.79 Å². The Kier molecular flexibility index (Phi) is 8.97. The van der Waals surface area contributed by atoms with E-state index in [9.17, 15) is 9.59 Å². The van der Waals surface area contributed by atoms with Crippen molar-refractivity contribution < 1.29 is 14.3 Å². The van der Waals surface area contributed by atoms with Gasteiger partial charge in [-0.05, 0) is 60.5 Å². The van der Waals surface area contributed by atoms with Crippen molar-refractivity contribution in [2.24, 2.45) is 5.92 Å². The summed E-state index contributed by atoms with van der Waals surface area (Å²) in [6.07, 6.45) is 0. The Morgan fingerprint density at radius 1 is 0.868 bits per heavy atom.